The summed E-state index contributed by atoms with van der Waals surface area (Å²) in [7, 11) is 0. The maximum absolute atomic E-state index is 12.1. The number of carbonyl (C=O) groups is 3. The molecule has 7 nitrogen and oxygen atoms in total. The van der Waals surface area contributed by atoms with Crippen LogP contribution in [-0.2, 0) is 14.3 Å². The van der Waals surface area contributed by atoms with E-state index in [1.165, 1.54) is 0 Å². The van der Waals surface area contributed by atoms with Gasteiger partial charge in [0.1, 0.15) is 5.75 Å². The van der Waals surface area contributed by atoms with Crippen LogP contribution in [0.5, 0.6) is 5.75 Å². The molecular weight excluding hydrogens is 360 g/mol. The second-order valence-electron chi connectivity index (χ2n) is 5.99. The number of aryl methyl sites for hydroxylation is 1. The van der Waals surface area contributed by atoms with Gasteiger partial charge in [-0.05, 0) is 37.6 Å². The van der Waals surface area contributed by atoms with Crippen molar-refractivity contribution >= 4 is 23.5 Å². The van der Waals surface area contributed by atoms with Gasteiger partial charge in [-0.25, -0.2) is 4.79 Å². The summed E-state index contributed by atoms with van der Waals surface area (Å²) in [6.45, 7) is 3.89. The highest BCUT2D eigenvalue weighted by molar-refractivity contribution is 5.96. The second kappa shape index (κ2) is 10.7. The fraction of sp³-hybridized carbons (Fsp3) is 0.286. The maximum Gasteiger partial charge on any atom is 0.344 e. The molecule has 2 rings (SSSR count). The molecule has 2 aromatic rings. The van der Waals surface area contributed by atoms with Gasteiger partial charge in [-0.2, -0.15) is 0 Å². The van der Waals surface area contributed by atoms with Crippen molar-refractivity contribution in [3.63, 3.8) is 0 Å². The average Bonchev–Trinajstić information content (AvgIpc) is 2.67. The number of hydrogen-bond donors (Lipinski definition) is 2. The minimum Gasteiger partial charge on any atom is -0.482 e. The van der Waals surface area contributed by atoms with Gasteiger partial charge in [0, 0.05) is 30.3 Å². The quantitative estimate of drug-likeness (QED) is 0.649. The number of hydrogen-bond acceptors (Lipinski definition) is 5. The molecule has 2 aromatic carbocycles. The SMILES string of the molecule is CCOC(=O)COc1cccc(NC(=O)CCNC(=O)c2ccccc2C)c1. The minimum absolute atomic E-state index is 0.130. The van der Waals surface area contributed by atoms with Crippen LogP contribution in [0.25, 0.3) is 0 Å². The van der Waals surface area contributed by atoms with E-state index in [9.17, 15) is 14.4 Å². The summed E-state index contributed by atoms with van der Waals surface area (Å²) in [5, 5.41) is 5.47. The fourth-order valence-corrected chi connectivity index (χ4v) is 2.44. The molecule has 0 aliphatic carbocycles. The van der Waals surface area contributed by atoms with Crippen LogP contribution in [-0.4, -0.2) is 37.5 Å². The number of nitrogens with one attached hydrogen (secondary N) is 2. The summed E-state index contributed by atoms with van der Waals surface area (Å²) in [5.41, 5.74) is 2.01. The Hall–Kier alpha value is -3.35. The first kappa shape index (κ1) is 21.0. The Bertz CT molecular complexity index is 835. The van der Waals surface area contributed by atoms with Gasteiger partial charge in [0.05, 0.1) is 6.61 Å². The van der Waals surface area contributed by atoms with E-state index in [1.807, 2.05) is 19.1 Å². The standard InChI is InChI=1S/C21H24N2O5/c1-3-27-20(25)14-28-17-9-6-8-16(13-17)23-19(24)11-12-22-21(26)18-10-5-4-7-15(18)2/h4-10,13H,3,11-12,14H2,1-2H3,(H,22,26)(H,23,24). The lowest BCUT2D eigenvalue weighted by atomic mass is 10.1. The zero-order valence-electron chi connectivity index (χ0n) is 16.0. The Kier molecular flexibility index (Phi) is 8.02. The Labute approximate surface area is 164 Å². The molecule has 0 heterocycles. The van der Waals surface area contributed by atoms with Crippen molar-refractivity contribution in [2.75, 3.05) is 25.1 Å². The van der Waals surface area contributed by atoms with Crippen molar-refractivity contribution in [3.8, 4) is 5.75 Å². The Morgan fingerprint density at radius 2 is 1.82 bits per heavy atom. The highest BCUT2D eigenvalue weighted by Gasteiger charge is 2.09. The lowest BCUT2D eigenvalue weighted by molar-refractivity contribution is -0.145. The molecule has 2 amide bonds. The molecule has 0 unspecified atom stereocenters. The molecular formula is C21H24N2O5. The highest BCUT2D eigenvalue weighted by Crippen LogP contribution is 2.17. The third kappa shape index (κ3) is 6.75. The Morgan fingerprint density at radius 3 is 2.57 bits per heavy atom. The van der Waals surface area contributed by atoms with Gasteiger partial charge in [0.2, 0.25) is 5.91 Å². The van der Waals surface area contributed by atoms with Crippen LogP contribution >= 0.6 is 0 Å². The van der Waals surface area contributed by atoms with Crippen molar-refractivity contribution in [2.24, 2.45) is 0 Å². The van der Waals surface area contributed by atoms with E-state index in [-0.39, 0.29) is 31.4 Å². The Balaban J connectivity index is 1.78. The minimum atomic E-state index is -0.457. The summed E-state index contributed by atoms with van der Waals surface area (Å²) >= 11 is 0. The van der Waals surface area contributed by atoms with E-state index in [2.05, 4.69) is 10.6 Å². The van der Waals surface area contributed by atoms with Crippen LogP contribution < -0.4 is 15.4 Å². The smallest absolute Gasteiger partial charge is 0.344 e. The van der Waals surface area contributed by atoms with Gasteiger partial charge < -0.3 is 20.1 Å². The number of esters is 1. The van der Waals surface area contributed by atoms with E-state index >= 15 is 0 Å². The number of rotatable bonds is 9. The van der Waals surface area contributed by atoms with Crippen molar-refractivity contribution in [1.82, 2.24) is 5.32 Å². The second-order valence-corrected chi connectivity index (χ2v) is 5.99. The fourth-order valence-electron chi connectivity index (χ4n) is 2.44. The van der Waals surface area contributed by atoms with Gasteiger partial charge in [-0.1, -0.05) is 24.3 Å². The zero-order chi connectivity index (χ0) is 20.4. The van der Waals surface area contributed by atoms with Gasteiger partial charge in [-0.15, -0.1) is 0 Å². The van der Waals surface area contributed by atoms with Crippen molar-refractivity contribution in [2.45, 2.75) is 20.3 Å². The molecule has 0 radical (unpaired) electrons. The van der Waals surface area contributed by atoms with E-state index < -0.39 is 5.97 Å². The maximum atomic E-state index is 12.1. The van der Waals surface area contributed by atoms with Crippen LogP contribution in [0.1, 0.15) is 29.3 Å². The highest BCUT2D eigenvalue weighted by atomic mass is 16.6. The molecule has 0 aliphatic rings. The first-order valence-electron chi connectivity index (χ1n) is 9.01. The predicted octanol–water partition coefficient (Wildman–Crippen LogP) is 2.70. The van der Waals surface area contributed by atoms with Gasteiger partial charge >= 0.3 is 5.97 Å². The molecule has 28 heavy (non-hydrogen) atoms. The molecule has 0 saturated heterocycles. The summed E-state index contributed by atoms with van der Waals surface area (Å²) in [4.78, 5) is 35.5. The molecule has 0 fully saturated rings. The van der Waals surface area contributed by atoms with Crippen molar-refractivity contribution in [3.05, 3.63) is 59.7 Å². The number of amides is 2. The Morgan fingerprint density at radius 1 is 1.04 bits per heavy atom. The van der Waals surface area contributed by atoms with E-state index in [1.54, 1.807) is 43.3 Å². The van der Waals surface area contributed by atoms with Crippen LogP contribution in [0.15, 0.2) is 48.5 Å². The van der Waals surface area contributed by atoms with E-state index in [0.29, 0.717) is 23.6 Å². The van der Waals surface area contributed by atoms with Gasteiger partial charge in [0.15, 0.2) is 6.61 Å². The molecule has 0 atom stereocenters. The molecule has 0 spiro atoms. The third-order valence-electron chi connectivity index (χ3n) is 3.81. The van der Waals surface area contributed by atoms with E-state index in [4.69, 9.17) is 9.47 Å². The number of ether oxygens (including phenoxy) is 2. The lowest BCUT2D eigenvalue weighted by Gasteiger charge is -2.10. The van der Waals surface area contributed by atoms with E-state index in [0.717, 1.165) is 5.56 Å². The largest absolute Gasteiger partial charge is 0.482 e. The molecule has 0 aromatic heterocycles. The summed E-state index contributed by atoms with van der Waals surface area (Å²) in [6, 6.07) is 14.0. The van der Waals surface area contributed by atoms with Crippen molar-refractivity contribution in [1.29, 1.82) is 0 Å². The van der Waals surface area contributed by atoms with Crippen LogP contribution in [0.4, 0.5) is 5.69 Å². The first-order valence-corrected chi connectivity index (χ1v) is 9.01. The zero-order valence-corrected chi connectivity index (χ0v) is 16.0. The average molecular weight is 384 g/mol. The van der Waals surface area contributed by atoms with Gasteiger partial charge in [-0.3, -0.25) is 9.59 Å². The van der Waals surface area contributed by atoms with Crippen LogP contribution in [0.3, 0.4) is 0 Å². The van der Waals surface area contributed by atoms with Crippen LogP contribution in [0, 0.1) is 6.92 Å². The first-order chi connectivity index (χ1) is 13.5. The lowest BCUT2D eigenvalue weighted by Crippen LogP contribution is -2.28. The number of benzene rings is 2. The molecule has 148 valence electrons. The normalized spacial score (nSPS) is 10.1. The summed E-state index contributed by atoms with van der Waals surface area (Å²) in [6.07, 6.45) is 0.130. The summed E-state index contributed by atoms with van der Waals surface area (Å²) < 4.78 is 10.1. The third-order valence-corrected chi connectivity index (χ3v) is 3.81. The number of carbonyl (C=O) groups excluding carboxylic acids is 3. The predicted molar refractivity (Wildman–Crippen MR) is 105 cm³/mol. The van der Waals surface area contributed by atoms with Gasteiger partial charge in [0.25, 0.3) is 5.91 Å². The van der Waals surface area contributed by atoms with Crippen LogP contribution in [0.2, 0.25) is 0 Å². The monoisotopic (exact) mass is 384 g/mol. The van der Waals surface area contributed by atoms with Crippen molar-refractivity contribution < 1.29 is 23.9 Å². The topological polar surface area (TPSA) is 93.7 Å². The molecule has 0 aliphatic heterocycles. The molecule has 0 saturated carbocycles. The number of anilines is 1. The molecule has 2 N–H and O–H groups in total. The molecule has 7 heteroatoms. The summed E-state index contributed by atoms with van der Waals surface area (Å²) in [5.74, 6) is -0.465. The molecule has 0 bridgehead atoms.